The quantitative estimate of drug-likeness (QED) is 0.0728. The van der Waals surface area contributed by atoms with Crippen molar-refractivity contribution in [2.45, 2.75) is 369 Å². The molecule has 12 nitrogen and oxygen atoms in total. The molecule has 0 radical (unpaired) electrons. The van der Waals surface area contributed by atoms with Crippen LogP contribution in [0.5, 0.6) is 0 Å². The van der Waals surface area contributed by atoms with Crippen molar-refractivity contribution in [1.82, 2.24) is 0 Å². The van der Waals surface area contributed by atoms with Crippen LogP contribution in [0.25, 0.3) is 0 Å². The number of carbonyl (C=O) groups excluding carboxylic acids is 6. The Labute approximate surface area is 671 Å². The van der Waals surface area contributed by atoms with Crippen molar-refractivity contribution < 1.29 is 57.2 Å². The van der Waals surface area contributed by atoms with Crippen LogP contribution in [-0.4, -0.2) is 69.4 Å². The second kappa shape index (κ2) is 30.6. The van der Waals surface area contributed by atoms with Gasteiger partial charge in [0.2, 0.25) is 0 Å². The molecule has 0 heterocycles. The maximum absolute atomic E-state index is 12.2. The summed E-state index contributed by atoms with van der Waals surface area (Å²) in [7, 11) is 0. The Balaban J connectivity index is 0.000000117. The standard InChI is InChI=1S/C18H28O2.2C17H26O2.2C16H24O2.C15H22O2/c1-5-6-18(20-16(19)12(2)3)14-7-13-8-15(18)11-17(4,9-13)10-14;1-5-17(19-15(18)11(2)3)13-6-12-7-14(17)10-16(4,8-12)9-13;1-4-6-17(19-15(18)5-2)13-7-12-8-14(17)11-16(3,9-12)10-13;1-10(2)14(17)18-16(4)12-5-11-6-13(16)9-15(3,7-11)8-12;1-4-14(17)18-16(5-2)12-6-11-7-13(16)10-15(3,8-11)9-12;1-4-13(16)17-15(3)11-5-10-6-12(15)9-14(2,7-10)8-11/h13-15H,2,5-11H2,1,3-4H3;12-14H,2,5-10H2,1,3-4H3;5,12-14H,2,4,6-11H2,1,3H3;11-13H,1,5-9H2,2-4H3;4,11-13H,1,5-10H2,2-3H3;4,10-12H,1,5-9H2,2-3H3. The Morgan fingerprint density at radius 1 is 0.279 bits per heavy atom. The maximum Gasteiger partial charge on any atom is 0.333 e. The third kappa shape index (κ3) is 15.7. The monoisotopic (exact) mass is 1530 g/mol. The van der Waals surface area contributed by atoms with E-state index in [0.29, 0.717) is 120 Å². The number of hydrogen-bond donors (Lipinski definition) is 0. The molecule has 0 saturated heterocycles. The zero-order chi connectivity index (χ0) is 80.4. The first-order valence-electron chi connectivity index (χ1n) is 45.3. The van der Waals surface area contributed by atoms with Gasteiger partial charge < -0.3 is 28.4 Å². The summed E-state index contributed by atoms with van der Waals surface area (Å²) < 4.78 is 35.7. The van der Waals surface area contributed by atoms with Crippen molar-refractivity contribution in [3.8, 4) is 0 Å². The summed E-state index contributed by atoms with van der Waals surface area (Å²) in [4.78, 5) is 71.2. The van der Waals surface area contributed by atoms with Crippen LogP contribution in [0.2, 0.25) is 0 Å². The predicted molar refractivity (Wildman–Crippen MR) is 440 cm³/mol. The van der Waals surface area contributed by atoms with Gasteiger partial charge in [-0.05, 0) is 392 Å². The van der Waals surface area contributed by atoms with Gasteiger partial charge in [0.25, 0.3) is 0 Å². The van der Waals surface area contributed by atoms with Gasteiger partial charge in [-0.3, -0.25) is 0 Å². The lowest BCUT2D eigenvalue weighted by molar-refractivity contribution is -0.222. The van der Waals surface area contributed by atoms with Gasteiger partial charge in [-0.1, -0.05) is 122 Å². The number of carbonyl (C=O) groups is 6. The summed E-state index contributed by atoms with van der Waals surface area (Å²) in [6.07, 6.45) is 48.7. The van der Waals surface area contributed by atoms with E-state index in [9.17, 15) is 28.8 Å². The molecule has 0 N–H and O–H groups in total. The number of ether oxygens (including phenoxy) is 6. The summed E-state index contributed by atoms with van der Waals surface area (Å²) in [6.45, 7) is 54.9. The normalized spacial score (nSPS) is 48.1. The van der Waals surface area contributed by atoms with E-state index in [1.165, 1.54) is 211 Å². The van der Waals surface area contributed by atoms with Crippen molar-refractivity contribution >= 4 is 35.8 Å². The highest BCUT2D eigenvalue weighted by Gasteiger charge is 2.68. The Kier molecular flexibility index (Phi) is 23.2. The van der Waals surface area contributed by atoms with E-state index in [2.05, 4.69) is 123 Å². The van der Waals surface area contributed by atoms with Gasteiger partial charge in [-0.2, -0.15) is 0 Å². The van der Waals surface area contributed by atoms with Crippen LogP contribution in [0.1, 0.15) is 335 Å². The molecule has 111 heavy (non-hydrogen) atoms. The maximum atomic E-state index is 12.2. The molecule has 24 fully saturated rings. The zero-order valence-electron chi connectivity index (χ0n) is 72.2. The summed E-state index contributed by atoms with van der Waals surface area (Å²) in [6, 6.07) is 0. The first-order chi connectivity index (χ1) is 52.1. The van der Waals surface area contributed by atoms with Gasteiger partial charge in [0.05, 0.1) is 0 Å². The lowest BCUT2D eigenvalue weighted by atomic mass is 9.44. The van der Waals surface area contributed by atoms with E-state index in [1.807, 2.05) is 0 Å². The van der Waals surface area contributed by atoms with Crippen molar-refractivity contribution in [3.63, 3.8) is 0 Å². The first kappa shape index (κ1) is 84.2. The van der Waals surface area contributed by atoms with Gasteiger partial charge >= 0.3 is 35.8 Å². The molecule has 24 aliphatic rings. The molecule has 12 unspecified atom stereocenters. The zero-order valence-corrected chi connectivity index (χ0v) is 72.2. The lowest BCUT2D eigenvalue weighted by Gasteiger charge is -2.64. The van der Waals surface area contributed by atoms with Crippen LogP contribution in [0.15, 0.2) is 74.4 Å². The Morgan fingerprint density at radius 3 is 0.703 bits per heavy atom. The smallest absolute Gasteiger partial charge is 0.333 e. The van der Waals surface area contributed by atoms with Crippen LogP contribution in [0, 0.1) is 139 Å². The largest absolute Gasteiger partial charge is 0.456 e. The molecule has 24 aliphatic carbocycles. The third-order valence-corrected chi connectivity index (χ3v) is 35.5. The van der Waals surface area contributed by atoms with Gasteiger partial charge in [0, 0.05) is 34.9 Å². The summed E-state index contributed by atoms with van der Waals surface area (Å²) in [5.74, 6) is 11.0. The minimum Gasteiger partial charge on any atom is -0.456 e. The van der Waals surface area contributed by atoms with E-state index >= 15 is 0 Å². The highest BCUT2D eigenvalue weighted by molar-refractivity contribution is 5.88. The number of rotatable bonds is 18. The highest BCUT2D eigenvalue weighted by atomic mass is 16.6. The average Bonchev–Trinajstić information content (AvgIpc) is 0.775. The van der Waals surface area contributed by atoms with Gasteiger partial charge in [-0.15, -0.1) is 0 Å². The van der Waals surface area contributed by atoms with E-state index < -0.39 is 0 Å². The molecule has 0 aromatic carbocycles. The Bertz CT molecular complexity index is 3520. The van der Waals surface area contributed by atoms with Crippen LogP contribution in [-0.2, 0) is 57.2 Å². The van der Waals surface area contributed by atoms with E-state index in [1.54, 1.807) is 20.8 Å². The molecule has 0 amide bonds. The number of hydrogen-bond acceptors (Lipinski definition) is 12. The van der Waals surface area contributed by atoms with E-state index in [-0.39, 0.29) is 69.4 Å². The SMILES string of the molecule is C=C(C)C(=O)OC1(C)C2CC3CC1CC(C)(C3)C2.C=C(C)C(=O)OC1(CC)C2CC3CC1CC(C)(C3)C2.C=C(C)C(=O)OC1(CCC)C2CC3CC1CC(C)(C3)C2.C=CC(=O)OC1(C)C2CC3CC1CC(C)(C3)C2.C=CC(=O)OC1(CC)C2CC3CC1CC(C)(C3)C2.C=CC(=O)OC1(CCC)C2CC3CC1CC(C)(C3)C2. The number of esters is 6. The highest BCUT2D eigenvalue weighted by Crippen LogP contribution is 2.71. The fourth-order valence-corrected chi connectivity index (χ4v) is 32.5. The van der Waals surface area contributed by atoms with Crippen molar-refractivity contribution in [2.75, 3.05) is 0 Å². The first-order valence-corrected chi connectivity index (χ1v) is 45.3. The Morgan fingerprint density at radius 2 is 0.468 bits per heavy atom. The molecule has 24 bridgehead atoms. The molecule has 24 rings (SSSR count). The molecule has 0 aromatic rings. The van der Waals surface area contributed by atoms with Crippen LogP contribution in [0.4, 0.5) is 0 Å². The molecular formula is C99H150O12. The van der Waals surface area contributed by atoms with Gasteiger partial charge in [0.1, 0.15) is 33.6 Å². The molecule has 618 valence electrons. The van der Waals surface area contributed by atoms with Crippen LogP contribution < -0.4 is 0 Å². The fourth-order valence-electron chi connectivity index (χ4n) is 32.5. The lowest BCUT2D eigenvalue weighted by Crippen LogP contribution is -2.62. The fraction of sp³-hybridized carbons (Fsp3) is 0.818. The molecule has 0 spiro atoms. The third-order valence-electron chi connectivity index (χ3n) is 35.5. The molecule has 12 atom stereocenters. The molecule has 12 heteroatoms. The second-order valence-corrected chi connectivity index (χ2v) is 44.7. The van der Waals surface area contributed by atoms with Gasteiger partial charge in [0.15, 0.2) is 0 Å². The molecule has 0 aliphatic heterocycles. The summed E-state index contributed by atoms with van der Waals surface area (Å²) in [5.41, 5.74) is 3.56. The van der Waals surface area contributed by atoms with E-state index in [0.717, 1.165) is 74.0 Å². The van der Waals surface area contributed by atoms with Gasteiger partial charge in [-0.25, -0.2) is 28.8 Å². The van der Waals surface area contributed by atoms with Crippen LogP contribution >= 0.6 is 0 Å². The topological polar surface area (TPSA) is 158 Å². The molecular weight excluding hydrogens is 1380 g/mol. The minimum absolute atomic E-state index is 0.170. The molecule has 0 aromatic heterocycles. The van der Waals surface area contributed by atoms with E-state index in [4.69, 9.17) is 28.4 Å². The average molecular weight is 1530 g/mol. The molecule has 24 saturated carbocycles. The second-order valence-electron chi connectivity index (χ2n) is 44.7. The van der Waals surface area contributed by atoms with Crippen molar-refractivity contribution in [1.29, 1.82) is 0 Å². The van der Waals surface area contributed by atoms with Crippen molar-refractivity contribution in [3.05, 3.63) is 74.4 Å². The summed E-state index contributed by atoms with van der Waals surface area (Å²) >= 11 is 0. The van der Waals surface area contributed by atoms with Crippen molar-refractivity contribution in [2.24, 2.45) is 139 Å². The predicted octanol–water partition coefficient (Wildman–Crippen LogP) is 23.4. The summed E-state index contributed by atoms with van der Waals surface area (Å²) in [5, 5.41) is 0. The van der Waals surface area contributed by atoms with Crippen LogP contribution in [0.3, 0.4) is 0 Å². The Hall–Kier alpha value is -4.74. The minimum atomic E-state index is -0.245.